The van der Waals surface area contributed by atoms with E-state index in [1.807, 2.05) is 44.2 Å². The molecule has 0 aliphatic carbocycles. The molecule has 2 saturated heterocycles. The standard InChI is InChI=1S/C17H20N2O3/c1-11(2)15(20)18-9-13-14(10-18)17(22)19(16(13)21)8-12-6-4-3-5-7-12/h3-7,11,13-14H,8-10H2,1-2H3. The van der Waals surface area contributed by atoms with Crippen molar-refractivity contribution < 1.29 is 14.4 Å². The molecule has 1 aromatic carbocycles. The largest absolute Gasteiger partial charge is 0.341 e. The minimum atomic E-state index is -0.362. The summed E-state index contributed by atoms with van der Waals surface area (Å²) in [6.07, 6.45) is 0. The Morgan fingerprint density at radius 2 is 1.64 bits per heavy atom. The van der Waals surface area contributed by atoms with Gasteiger partial charge in [0.15, 0.2) is 0 Å². The van der Waals surface area contributed by atoms with Crippen LogP contribution in [0.2, 0.25) is 0 Å². The van der Waals surface area contributed by atoms with Crippen molar-refractivity contribution in [3.8, 4) is 0 Å². The number of carbonyl (C=O) groups is 3. The maximum atomic E-state index is 12.5. The van der Waals surface area contributed by atoms with Crippen LogP contribution in [0, 0.1) is 17.8 Å². The van der Waals surface area contributed by atoms with Gasteiger partial charge in [-0.25, -0.2) is 0 Å². The van der Waals surface area contributed by atoms with E-state index in [-0.39, 0.29) is 35.5 Å². The zero-order chi connectivity index (χ0) is 15.9. The van der Waals surface area contributed by atoms with E-state index in [1.165, 1.54) is 4.90 Å². The molecule has 0 N–H and O–H groups in total. The van der Waals surface area contributed by atoms with Gasteiger partial charge in [0.1, 0.15) is 0 Å². The number of rotatable bonds is 3. The number of imide groups is 1. The van der Waals surface area contributed by atoms with E-state index in [9.17, 15) is 14.4 Å². The lowest BCUT2D eigenvalue weighted by Crippen LogP contribution is -2.39. The Kier molecular flexibility index (Phi) is 3.72. The van der Waals surface area contributed by atoms with Gasteiger partial charge >= 0.3 is 0 Å². The fraction of sp³-hybridized carbons (Fsp3) is 0.471. The Hall–Kier alpha value is -2.17. The van der Waals surface area contributed by atoms with Crippen molar-refractivity contribution in [1.82, 2.24) is 9.80 Å². The van der Waals surface area contributed by atoms with E-state index in [4.69, 9.17) is 0 Å². The number of fused-ring (bicyclic) bond motifs is 1. The first kappa shape index (κ1) is 14.8. The van der Waals surface area contributed by atoms with Crippen molar-refractivity contribution in [2.24, 2.45) is 17.8 Å². The highest BCUT2D eigenvalue weighted by atomic mass is 16.2. The summed E-state index contributed by atoms with van der Waals surface area (Å²) in [5.41, 5.74) is 0.944. The van der Waals surface area contributed by atoms with Crippen LogP contribution < -0.4 is 0 Å². The molecule has 2 aliphatic heterocycles. The van der Waals surface area contributed by atoms with Crippen LogP contribution in [0.15, 0.2) is 30.3 Å². The van der Waals surface area contributed by atoms with Gasteiger partial charge in [0.25, 0.3) is 0 Å². The first-order chi connectivity index (χ1) is 10.5. The third-order valence-electron chi connectivity index (χ3n) is 4.48. The first-order valence-electron chi connectivity index (χ1n) is 7.67. The predicted octanol–water partition coefficient (Wildman–Crippen LogP) is 1.29. The van der Waals surface area contributed by atoms with Crippen molar-refractivity contribution in [1.29, 1.82) is 0 Å². The van der Waals surface area contributed by atoms with Crippen LogP contribution in [-0.2, 0) is 20.9 Å². The normalized spacial score (nSPS) is 24.3. The van der Waals surface area contributed by atoms with E-state index in [1.54, 1.807) is 4.90 Å². The predicted molar refractivity (Wildman–Crippen MR) is 80.4 cm³/mol. The topological polar surface area (TPSA) is 57.7 Å². The van der Waals surface area contributed by atoms with Gasteiger partial charge in [-0.3, -0.25) is 19.3 Å². The van der Waals surface area contributed by atoms with Crippen LogP contribution in [0.4, 0.5) is 0 Å². The Morgan fingerprint density at radius 3 is 2.14 bits per heavy atom. The van der Waals surface area contributed by atoms with Gasteiger partial charge in [-0.2, -0.15) is 0 Å². The molecule has 1 aromatic rings. The zero-order valence-corrected chi connectivity index (χ0v) is 12.9. The number of amides is 3. The quantitative estimate of drug-likeness (QED) is 0.790. The van der Waals surface area contributed by atoms with E-state index < -0.39 is 0 Å². The second-order valence-electron chi connectivity index (χ2n) is 6.36. The van der Waals surface area contributed by atoms with Crippen LogP contribution in [0.25, 0.3) is 0 Å². The Morgan fingerprint density at radius 1 is 1.09 bits per heavy atom. The highest BCUT2D eigenvalue weighted by Crippen LogP contribution is 2.34. The number of benzene rings is 1. The number of hydrogen-bond donors (Lipinski definition) is 0. The smallest absolute Gasteiger partial charge is 0.235 e. The molecule has 5 heteroatoms. The Bertz CT molecular complexity index is 588. The third kappa shape index (κ3) is 2.40. The highest BCUT2D eigenvalue weighted by Gasteiger charge is 2.53. The summed E-state index contributed by atoms with van der Waals surface area (Å²) in [5.74, 6) is -1.09. The molecule has 2 atom stereocenters. The summed E-state index contributed by atoms with van der Waals surface area (Å²) in [6.45, 7) is 4.74. The van der Waals surface area contributed by atoms with Gasteiger partial charge in [0.2, 0.25) is 17.7 Å². The second kappa shape index (κ2) is 5.55. The molecule has 116 valence electrons. The maximum absolute atomic E-state index is 12.5. The molecule has 3 amide bonds. The van der Waals surface area contributed by atoms with Crippen LogP contribution in [0.5, 0.6) is 0 Å². The summed E-state index contributed by atoms with van der Waals surface area (Å²) in [4.78, 5) is 40.1. The molecule has 0 aromatic heterocycles. The monoisotopic (exact) mass is 300 g/mol. The number of hydrogen-bond acceptors (Lipinski definition) is 3. The lowest BCUT2D eigenvalue weighted by molar-refractivity contribution is -0.142. The van der Waals surface area contributed by atoms with Crippen LogP contribution in [0.1, 0.15) is 19.4 Å². The number of carbonyl (C=O) groups excluding carboxylic acids is 3. The zero-order valence-electron chi connectivity index (χ0n) is 12.9. The van der Waals surface area contributed by atoms with Crippen molar-refractivity contribution in [2.45, 2.75) is 20.4 Å². The molecular weight excluding hydrogens is 280 g/mol. The molecular formula is C17H20N2O3. The average molecular weight is 300 g/mol. The summed E-state index contributed by atoms with van der Waals surface area (Å²) in [6, 6.07) is 9.50. The van der Waals surface area contributed by atoms with Gasteiger partial charge in [0.05, 0.1) is 18.4 Å². The SMILES string of the molecule is CC(C)C(=O)N1CC2C(=O)N(Cc3ccccc3)C(=O)C2C1. The van der Waals surface area contributed by atoms with E-state index in [0.717, 1.165) is 5.56 Å². The second-order valence-corrected chi connectivity index (χ2v) is 6.36. The molecule has 2 fully saturated rings. The lowest BCUT2D eigenvalue weighted by Gasteiger charge is -2.22. The Balaban J connectivity index is 1.73. The highest BCUT2D eigenvalue weighted by molar-refractivity contribution is 6.06. The number of likely N-dealkylation sites (tertiary alicyclic amines) is 2. The molecule has 2 aliphatic rings. The van der Waals surface area contributed by atoms with Crippen molar-refractivity contribution in [2.75, 3.05) is 13.1 Å². The van der Waals surface area contributed by atoms with Gasteiger partial charge in [-0.1, -0.05) is 44.2 Å². The first-order valence-corrected chi connectivity index (χ1v) is 7.67. The minimum absolute atomic E-state index is 0.0182. The summed E-state index contributed by atoms with van der Waals surface area (Å²) in [5, 5.41) is 0. The van der Waals surface area contributed by atoms with Gasteiger partial charge < -0.3 is 4.90 Å². The fourth-order valence-electron chi connectivity index (χ4n) is 3.28. The van der Waals surface area contributed by atoms with Crippen molar-refractivity contribution in [3.63, 3.8) is 0 Å². The summed E-state index contributed by atoms with van der Waals surface area (Å²) in [7, 11) is 0. The molecule has 5 nitrogen and oxygen atoms in total. The minimum Gasteiger partial charge on any atom is -0.341 e. The molecule has 0 bridgehead atoms. The van der Waals surface area contributed by atoms with E-state index in [2.05, 4.69) is 0 Å². The summed E-state index contributed by atoms with van der Waals surface area (Å²) >= 11 is 0. The van der Waals surface area contributed by atoms with E-state index >= 15 is 0 Å². The van der Waals surface area contributed by atoms with Gasteiger partial charge in [-0.15, -0.1) is 0 Å². The molecule has 22 heavy (non-hydrogen) atoms. The average Bonchev–Trinajstić information content (AvgIpc) is 3.03. The van der Waals surface area contributed by atoms with Gasteiger partial charge in [0, 0.05) is 19.0 Å². The molecule has 0 spiro atoms. The van der Waals surface area contributed by atoms with Crippen LogP contribution in [-0.4, -0.2) is 40.6 Å². The molecule has 0 radical (unpaired) electrons. The van der Waals surface area contributed by atoms with Crippen LogP contribution in [0.3, 0.4) is 0 Å². The maximum Gasteiger partial charge on any atom is 0.235 e. The van der Waals surface area contributed by atoms with E-state index in [0.29, 0.717) is 19.6 Å². The lowest BCUT2D eigenvalue weighted by atomic mass is 10.00. The molecule has 2 heterocycles. The van der Waals surface area contributed by atoms with Crippen LogP contribution >= 0.6 is 0 Å². The molecule has 0 saturated carbocycles. The third-order valence-corrected chi connectivity index (χ3v) is 4.48. The fourth-order valence-corrected chi connectivity index (χ4v) is 3.28. The molecule has 3 rings (SSSR count). The molecule has 2 unspecified atom stereocenters. The van der Waals surface area contributed by atoms with Crippen molar-refractivity contribution >= 4 is 17.7 Å². The van der Waals surface area contributed by atoms with Crippen molar-refractivity contribution in [3.05, 3.63) is 35.9 Å². The van der Waals surface area contributed by atoms with Gasteiger partial charge in [-0.05, 0) is 5.56 Å². The number of nitrogens with zero attached hydrogens (tertiary/aromatic N) is 2. The Labute approximate surface area is 129 Å². The summed E-state index contributed by atoms with van der Waals surface area (Å²) < 4.78 is 0.